The van der Waals surface area contributed by atoms with Gasteiger partial charge >= 0.3 is 6.18 Å². The maximum absolute atomic E-state index is 13.0. The van der Waals surface area contributed by atoms with Crippen molar-refractivity contribution in [1.29, 1.82) is 0 Å². The molecule has 0 saturated heterocycles. The number of alkyl halides is 3. The lowest BCUT2D eigenvalue weighted by Crippen LogP contribution is -2.45. The van der Waals surface area contributed by atoms with Gasteiger partial charge in [0, 0.05) is 12.6 Å². The van der Waals surface area contributed by atoms with E-state index in [-0.39, 0.29) is 0 Å². The quantitative estimate of drug-likeness (QED) is 0.447. The van der Waals surface area contributed by atoms with E-state index in [9.17, 15) is 13.2 Å². The van der Waals surface area contributed by atoms with Crippen molar-refractivity contribution in [1.82, 2.24) is 4.90 Å². The van der Waals surface area contributed by atoms with Crippen LogP contribution < -0.4 is 0 Å². The highest BCUT2D eigenvalue weighted by Gasteiger charge is 2.34. The van der Waals surface area contributed by atoms with Crippen LogP contribution in [-0.2, 0) is 6.18 Å². The van der Waals surface area contributed by atoms with Crippen LogP contribution >= 0.6 is 0 Å². The van der Waals surface area contributed by atoms with Crippen LogP contribution in [0.5, 0.6) is 0 Å². The fraction of sp³-hybridized carbons (Fsp3) is 0.760. The van der Waals surface area contributed by atoms with Crippen LogP contribution in [0.2, 0.25) is 0 Å². The zero-order chi connectivity index (χ0) is 20.9. The molecule has 0 unspecified atom stereocenters. The van der Waals surface area contributed by atoms with Gasteiger partial charge in [0.15, 0.2) is 0 Å². The second-order valence-corrected chi connectivity index (χ2v) is 9.76. The average Bonchev–Trinajstić information content (AvgIpc) is 2.71. The molecule has 4 heteroatoms. The molecule has 0 spiro atoms. The molecular weight excluding hydrogens is 371 g/mol. The first-order chi connectivity index (χ1) is 13.8. The Bertz CT molecular complexity index is 601. The zero-order valence-corrected chi connectivity index (χ0v) is 18.2. The fourth-order valence-corrected chi connectivity index (χ4v) is 5.37. The van der Waals surface area contributed by atoms with E-state index >= 15 is 0 Å². The van der Waals surface area contributed by atoms with Crippen molar-refractivity contribution in [3.63, 3.8) is 0 Å². The van der Waals surface area contributed by atoms with E-state index in [0.29, 0.717) is 17.9 Å². The number of hydrogen-bond acceptors (Lipinski definition) is 1. The molecule has 0 aromatic heterocycles. The second kappa shape index (κ2) is 10.3. The summed E-state index contributed by atoms with van der Waals surface area (Å²) in [4.78, 5) is 2.73. The van der Waals surface area contributed by atoms with E-state index in [0.717, 1.165) is 24.4 Å². The van der Waals surface area contributed by atoms with Crippen molar-refractivity contribution in [2.24, 2.45) is 11.8 Å². The molecule has 0 amide bonds. The fourth-order valence-electron chi connectivity index (χ4n) is 5.37. The molecule has 2 atom stereocenters. The molecule has 1 nitrogen and oxygen atoms in total. The monoisotopic (exact) mass is 409 g/mol. The first-order valence-electron chi connectivity index (χ1n) is 11.8. The molecule has 164 valence electrons. The summed E-state index contributed by atoms with van der Waals surface area (Å²) in [5.41, 5.74) is 0.563. The molecule has 2 aliphatic rings. The highest BCUT2D eigenvalue weighted by Crippen LogP contribution is 2.39. The van der Waals surface area contributed by atoms with Crippen molar-refractivity contribution in [3.05, 3.63) is 35.4 Å². The first-order valence-corrected chi connectivity index (χ1v) is 11.8. The zero-order valence-electron chi connectivity index (χ0n) is 18.2. The van der Waals surface area contributed by atoms with Crippen molar-refractivity contribution < 1.29 is 13.2 Å². The number of rotatable bonds is 7. The minimum atomic E-state index is -4.26. The van der Waals surface area contributed by atoms with Crippen molar-refractivity contribution in [2.75, 3.05) is 13.1 Å². The summed E-state index contributed by atoms with van der Waals surface area (Å²) in [6, 6.07) is 6.52. The first kappa shape index (κ1) is 22.7. The Morgan fingerprint density at radius 2 is 1.52 bits per heavy atom. The molecule has 1 aromatic carbocycles. The van der Waals surface area contributed by atoms with Crippen LogP contribution in [0.25, 0.3) is 0 Å². The predicted molar refractivity (Wildman–Crippen MR) is 114 cm³/mol. The summed E-state index contributed by atoms with van der Waals surface area (Å²) in [5, 5.41) is 0. The molecule has 0 N–H and O–H groups in total. The van der Waals surface area contributed by atoms with Crippen molar-refractivity contribution in [3.8, 4) is 0 Å². The van der Waals surface area contributed by atoms with Gasteiger partial charge in [-0.25, -0.2) is 0 Å². The Hall–Kier alpha value is -1.03. The molecule has 2 aliphatic carbocycles. The number of halogens is 3. The Balaban J connectivity index is 1.77. The molecule has 0 bridgehead atoms. The van der Waals surface area contributed by atoms with Gasteiger partial charge in [0.1, 0.15) is 0 Å². The summed E-state index contributed by atoms with van der Waals surface area (Å²) in [6.07, 6.45) is 8.42. The number of nitrogens with zero attached hydrogens (tertiary/aromatic N) is 1. The molecule has 2 saturated carbocycles. The predicted octanol–water partition coefficient (Wildman–Crippen LogP) is 7.66. The summed E-state index contributed by atoms with van der Waals surface area (Å²) < 4.78 is 39.0. The van der Waals surface area contributed by atoms with Gasteiger partial charge in [0.2, 0.25) is 0 Å². The minimum Gasteiger partial charge on any atom is -0.299 e. The lowest BCUT2D eigenvalue weighted by atomic mass is 9.78. The molecule has 3 rings (SSSR count). The SMILES string of the molecule is CC(C)CCN(CC1CCCCC1)[C@@H]1CCCC[C@H]1c1ccc(C(F)(F)F)cc1. The molecule has 29 heavy (non-hydrogen) atoms. The standard InChI is InChI=1S/C25H38F3N/c1-19(2)16-17-29(18-20-8-4-3-5-9-20)24-11-7-6-10-23(24)21-12-14-22(15-13-21)25(26,27)28/h12-15,19-20,23-24H,3-11,16-18H2,1-2H3/t23-,24+/m0/s1. The maximum atomic E-state index is 13.0. The van der Waals surface area contributed by atoms with Gasteiger partial charge in [0.25, 0.3) is 0 Å². The van der Waals surface area contributed by atoms with Gasteiger partial charge in [-0.2, -0.15) is 13.2 Å². The van der Waals surface area contributed by atoms with Crippen LogP contribution in [0.3, 0.4) is 0 Å². The van der Waals surface area contributed by atoms with E-state index in [2.05, 4.69) is 18.7 Å². The van der Waals surface area contributed by atoms with Gasteiger partial charge in [-0.1, -0.05) is 58.1 Å². The Morgan fingerprint density at radius 3 is 2.14 bits per heavy atom. The number of hydrogen-bond donors (Lipinski definition) is 0. The maximum Gasteiger partial charge on any atom is 0.416 e. The van der Waals surface area contributed by atoms with Crippen molar-refractivity contribution in [2.45, 2.75) is 96.2 Å². The van der Waals surface area contributed by atoms with Crippen molar-refractivity contribution >= 4 is 0 Å². The summed E-state index contributed by atoms with van der Waals surface area (Å²) >= 11 is 0. The third kappa shape index (κ3) is 6.47. The molecular formula is C25H38F3N. The van der Waals surface area contributed by atoms with E-state index in [1.807, 2.05) is 0 Å². The minimum absolute atomic E-state index is 0.363. The molecule has 1 aromatic rings. The lowest BCUT2D eigenvalue weighted by molar-refractivity contribution is -0.137. The van der Waals surface area contributed by atoms with Gasteiger partial charge in [0.05, 0.1) is 5.56 Å². The number of benzene rings is 1. The van der Waals surface area contributed by atoms with E-state index in [1.54, 1.807) is 12.1 Å². The Kier molecular flexibility index (Phi) is 8.07. The van der Waals surface area contributed by atoms with E-state index in [4.69, 9.17) is 0 Å². The largest absolute Gasteiger partial charge is 0.416 e. The summed E-state index contributed by atoms with van der Waals surface area (Å²) in [6.45, 7) is 6.87. The Labute approximate surface area is 175 Å². The van der Waals surface area contributed by atoms with Crippen LogP contribution in [-0.4, -0.2) is 24.0 Å². The summed E-state index contributed by atoms with van der Waals surface area (Å²) in [7, 11) is 0. The van der Waals surface area contributed by atoms with Crippen LogP contribution in [0.15, 0.2) is 24.3 Å². The van der Waals surface area contributed by atoms with Crippen LogP contribution in [0, 0.1) is 11.8 Å². The Morgan fingerprint density at radius 1 is 0.897 bits per heavy atom. The average molecular weight is 410 g/mol. The van der Waals surface area contributed by atoms with Crippen LogP contribution in [0.4, 0.5) is 13.2 Å². The van der Waals surface area contributed by atoms with Gasteiger partial charge in [-0.05, 0) is 74.1 Å². The highest BCUT2D eigenvalue weighted by molar-refractivity contribution is 5.28. The van der Waals surface area contributed by atoms with Crippen LogP contribution in [0.1, 0.15) is 95.1 Å². The van der Waals surface area contributed by atoms with E-state index in [1.165, 1.54) is 76.5 Å². The molecule has 0 heterocycles. The second-order valence-electron chi connectivity index (χ2n) is 9.76. The molecule has 2 fully saturated rings. The topological polar surface area (TPSA) is 3.24 Å². The smallest absolute Gasteiger partial charge is 0.299 e. The molecule has 0 radical (unpaired) electrons. The molecule has 0 aliphatic heterocycles. The highest BCUT2D eigenvalue weighted by atomic mass is 19.4. The summed E-state index contributed by atoms with van der Waals surface area (Å²) in [5.74, 6) is 1.84. The van der Waals surface area contributed by atoms with Gasteiger partial charge in [-0.3, -0.25) is 4.90 Å². The van der Waals surface area contributed by atoms with E-state index < -0.39 is 11.7 Å². The third-order valence-corrected chi connectivity index (χ3v) is 7.08. The normalized spacial score (nSPS) is 24.4. The lowest BCUT2D eigenvalue weighted by Gasteiger charge is -2.42. The van der Waals surface area contributed by atoms with Gasteiger partial charge < -0.3 is 0 Å². The third-order valence-electron chi connectivity index (χ3n) is 7.08. The van der Waals surface area contributed by atoms with Gasteiger partial charge in [-0.15, -0.1) is 0 Å².